The van der Waals surface area contributed by atoms with Crippen LogP contribution in [0.25, 0.3) is 0 Å². The van der Waals surface area contributed by atoms with Crippen molar-refractivity contribution in [3.8, 4) is 0 Å². The van der Waals surface area contributed by atoms with Crippen LogP contribution < -0.4 is 11.2 Å². The van der Waals surface area contributed by atoms with E-state index in [1.807, 2.05) is 6.92 Å². The Kier molecular flexibility index (Phi) is 5.02. The number of amides is 1. The molecule has 0 radical (unpaired) electrons. The van der Waals surface area contributed by atoms with Gasteiger partial charge in [-0.3, -0.25) is 9.63 Å². The first-order chi connectivity index (χ1) is 6.69. The molecule has 0 saturated heterocycles. The van der Waals surface area contributed by atoms with Crippen LogP contribution in [-0.2, 0) is 9.63 Å². The van der Waals surface area contributed by atoms with Gasteiger partial charge in [-0.15, -0.1) is 0 Å². The average molecular weight is 228 g/mol. The first-order valence-corrected chi connectivity index (χ1v) is 4.47. The molecule has 0 aliphatic rings. The minimum Gasteiger partial charge on any atom is -0.318 e. The van der Waals surface area contributed by atoms with Crippen LogP contribution in [0.4, 0.5) is 13.2 Å². The lowest BCUT2D eigenvalue weighted by molar-refractivity contribution is -0.193. The summed E-state index contributed by atoms with van der Waals surface area (Å²) in [6.45, 7) is 1.72. The molecule has 0 aromatic carbocycles. The standard InChI is InChI=1S/C8H15F3N2O2/c1-3-4-7(2,12)6(14)13-15-5-8(9,10)11/h3-5,12H2,1-2H3,(H,13,14). The van der Waals surface area contributed by atoms with Gasteiger partial charge in [-0.05, 0) is 13.3 Å². The lowest BCUT2D eigenvalue weighted by atomic mass is 9.97. The zero-order valence-electron chi connectivity index (χ0n) is 8.65. The van der Waals surface area contributed by atoms with Gasteiger partial charge in [0.1, 0.15) is 0 Å². The largest absolute Gasteiger partial charge is 0.414 e. The van der Waals surface area contributed by atoms with Crippen molar-refractivity contribution >= 4 is 5.91 Å². The fourth-order valence-corrected chi connectivity index (χ4v) is 0.933. The molecule has 1 atom stereocenters. The topological polar surface area (TPSA) is 64.4 Å². The summed E-state index contributed by atoms with van der Waals surface area (Å²) in [5, 5.41) is 0. The normalized spacial score (nSPS) is 15.9. The molecule has 0 bridgehead atoms. The molecule has 0 aromatic heterocycles. The maximum Gasteiger partial charge on any atom is 0.414 e. The van der Waals surface area contributed by atoms with Crippen molar-refractivity contribution in [2.45, 2.75) is 38.4 Å². The molecular formula is C8H15F3N2O2. The van der Waals surface area contributed by atoms with Gasteiger partial charge in [-0.25, -0.2) is 5.48 Å². The van der Waals surface area contributed by atoms with Crippen LogP contribution >= 0.6 is 0 Å². The summed E-state index contributed by atoms with van der Waals surface area (Å²) in [6, 6.07) is 0. The third kappa shape index (κ3) is 6.29. The van der Waals surface area contributed by atoms with E-state index in [1.165, 1.54) is 6.92 Å². The van der Waals surface area contributed by atoms with Crippen LogP contribution in [0.3, 0.4) is 0 Å². The summed E-state index contributed by atoms with van der Waals surface area (Å²) in [6.07, 6.45) is -3.45. The molecule has 0 saturated carbocycles. The Morgan fingerprint density at radius 3 is 2.40 bits per heavy atom. The monoisotopic (exact) mass is 228 g/mol. The lowest BCUT2D eigenvalue weighted by Crippen LogP contribution is -2.51. The van der Waals surface area contributed by atoms with E-state index in [0.29, 0.717) is 12.8 Å². The van der Waals surface area contributed by atoms with Gasteiger partial charge in [-0.2, -0.15) is 13.2 Å². The van der Waals surface area contributed by atoms with E-state index in [1.54, 1.807) is 5.48 Å². The highest BCUT2D eigenvalue weighted by Crippen LogP contribution is 2.14. The summed E-state index contributed by atoms with van der Waals surface area (Å²) in [5.41, 5.74) is 6.02. The van der Waals surface area contributed by atoms with Crippen LogP contribution in [0.2, 0.25) is 0 Å². The smallest absolute Gasteiger partial charge is 0.318 e. The van der Waals surface area contributed by atoms with Crippen LogP contribution in [-0.4, -0.2) is 24.2 Å². The Morgan fingerprint density at radius 1 is 1.47 bits per heavy atom. The lowest BCUT2D eigenvalue weighted by Gasteiger charge is -2.22. The summed E-state index contributed by atoms with van der Waals surface area (Å²) >= 11 is 0. The van der Waals surface area contributed by atoms with Crippen molar-refractivity contribution in [1.29, 1.82) is 0 Å². The number of carbonyl (C=O) groups is 1. The van der Waals surface area contributed by atoms with Gasteiger partial charge in [-0.1, -0.05) is 13.3 Å². The number of alkyl halides is 3. The van der Waals surface area contributed by atoms with E-state index < -0.39 is 24.2 Å². The zero-order valence-corrected chi connectivity index (χ0v) is 8.65. The van der Waals surface area contributed by atoms with Crippen molar-refractivity contribution < 1.29 is 22.8 Å². The highest BCUT2D eigenvalue weighted by molar-refractivity contribution is 5.84. The Morgan fingerprint density at radius 2 is 2.00 bits per heavy atom. The fraction of sp³-hybridized carbons (Fsp3) is 0.875. The molecule has 0 rings (SSSR count). The molecule has 3 N–H and O–H groups in total. The van der Waals surface area contributed by atoms with Crippen molar-refractivity contribution in [1.82, 2.24) is 5.48 Å². The number of halogens is 3. The fourth-order valence-electron chi connectivity index (χ4n) is 0.933. The van der Waals surface area contributed by atoms with Crippen molar-refractivity contribution in [2.24, 2.45) is 5.73 Å². The van der Waals surface area contributed by atoms with Gasteiger partial charge in [0.25, 0.3) is 5.91 Å². The molecule has 15 heavy (non-hydrogen) atoms. The number of rotatable bonds is 5. The molecule has 0 spiro atoms. The molecule has 4 nitrogen and oxygen atoms in total. The second kappa shape index (κ2) is 5.32. The van der Waals surface area contributed by atoms with Gasteiger partial charge in [0, 0.05) is 0 Å². The third-order valence-corrected chi connectivity index (χ3v) is 1.69. The Bertz CT molecular complexity index is 216. The molecule has 0 heterocycles. The SMILES string of the molecule is CCCC(C)(N)C(=O)NOCC(F)(F)F. The highest BCUT2D eigenvalue weighted by atomic mass is 19.4. The molecule has 0 fully saturated rings. The highest BCUT2D eigenvalue weighted by Gasteiger charge is 2.31. The predicted molar refractivity (Wildman–Crippen MR) is 47.7 cm³/mol. The van der Waals surface area contributed by atoms with E-state index in [4.69, 9.17) is 5.73 Å². The van der Waals surface area contributed by atoms with E-state index in [-0.39, 0.29) is 0 Å². The minimum atomic E-state index is -4.47. The summed E-state index contributed by atoms with van der Waals surface area (Å²) < 4.78 is 34.9. The second-order valence-electron chi connectivity index (χ2n) is 3.50. The molecule has 1 amide bonds. The molecule has 1 unspecified atom stereocenters. The van der Waals surface area contributed by atoms with Gasteiger partial charge < -0.3 is 5.73 Å². The maximum absolute atomic E-state index is 11.6. The maximum atomic E-state index is 11.6. The minimum absolute atomic E-state index is 0.369. The van der Waals surface area contributed by atoms with E-state index in [9.17, 15) is 18.0 Å². The number of hydroxylamine groups is 1. The van der Waals surface area contributed by atoms with Crippen molar-refractivity contribution in [3.63, 3.8) is 0 Å². The molecule has 0 aromatic rings. The van der Waals surface area contributed by atoms with E-state index >= 15 is 0 Å². The zero-order chi connectivity index (χ0) is 12.1. The number of nitrogens with one attached hydrogen (secondary N) is 1. The predicted octanol–water partition coefficient (Wildman–Crippen LogP) is 1.11. The van der Waals surface area contributed by atoms with E-state index in [0.717, 1.165) is 0 Å². The summed E-state index contributed by atoms with van der Waals surface area (Å²) in [5.74, 6) is -0.756. The molecular weight excluding hydrogens is 213 g/mol. The Hall–Kier alpha value is -0.820. The number of carbonyl (C=O) groups excluding carboxylic acids is 1. The first-order valence-electron chi connectivity index (χ1n) is 4.47. The Balaban J connectivity index is 3.94. The molecule has 0 aliphatic heterocycles. The number of hydrogen-bond donors (Lipinski definition) is 2. The van der Waals surface area contributed by atoms with Gasteiger partial charge in [0.2, 0.25) is 0 Å². The summed E-state index contributed by atoms with van der Waals surface area (Å²) in [7, 11) is 0. The van der Waals surface area contributed by atoms with Crippen molar-refractivity contribution in [2.75, 3.05) is 6.61 Å². The van der Waals surface area contributed by atoms with Crippen LogP contribution in [0.1, 0.15) is 26.7 Å². The van der Waals surface area contributed by atoms with Gasteiger partial charge in [0.15, 0.2) is 6.61 Å². The quantitative estimate of drug-likeness (QED) is 0.693. The van der Waals surface area contributed by atoms with Gasteiger partial charge >= 0.3 is 6.18 Å². The van der Waals surface area contributed by atoms with Crippen LogP contribution in [0, 0.1) is 0 Å². The second-order valence-corrected chi connectivity index (χ2v) is 3.50. The molecule has 90 valence electrons. The summed E-state index contributed by atoms with van der Waals surface area (Å²) in [4.78, 5) is 15.2. The average Bonchev–Trinajstić information content (AvgIpc) is 2.01. The number of hydrogen-bond acceptors (Lipinski definition) is 3. The van der Waals surface area contributed by atoms with E-state index in [2.05, 4.69) is 4.84 Å². The molecule has 0 aliphatic carbocycles. The molecule has 7 heteroatoms. The van der Waals surface area contributed by atoms with Gasteiger partial charge in [0.05, 0.1) is 5.54 Å². The Labute approximate surface area is 85.9 Å². The number of nitrogens with two attached hydrogens (primary N) is 1. The van der Waals surface area contributed by atoms with Crippen LogP contribution in [0.5, 0.6) is 0 Å². The first kappa shape index (κ1) is 14.2. The van der Waals surface area contributed by atoms with Crippen molar-refractivity contribution in [3.05, 3.63) is 0 Å². The van der Waals surface area contributed by atoms with Crippen LogP contribution in [0.15, 0.2) is 0 Å². The third-order valence-electron chi connectivity index (χ3n) is 1.69.